The van der Waals surface area contributed by atoms with Gasteiger partial charge in [-0.2, -0.15) is 0 Å². The van der Waals surface area contributed by atoms with Gasteiger partial charge in [0.15, 0.2) is 0 Å². The van der Waals surface area contributed by atoms with Crippen LogP contribution >= 0.6 is 11.6 Å². The third-order valence-corrected chi connectivity index (χ3v) is 8.09. The number of benzene rings is 1. The van der Waals surface area contributed by atoms with Crippen LogP contribution in [0.2, 0.25) is 23.2 Å². The van der Waals surface area contributed by atoms with Gasteiger partial charge < -0.3 is 9.53 Å². The predicted molar refractivity (Wildman–Crippen MR) is 75.2 cm³/mol. The molecule has 0 saturated heterocycles. The van der Waals surface area contributed by atoms with Gasteiger partial charge in [-0.25, -0.2) is 0 Å². The fraction of sp³-hybridized carbons (Fsp3) is 0.538. The van der Waals surface area contributed by atoms with Crippen molar-refractivity contribution < 1.29 is 9.53 Å². The van der Waals surface area contributed by atoms with Crippen LogP contribution in [-0.2, 0) is 6.61 Å². The smallest absolute Gasteiger partial charge is 0.250 e. The molecule has 1 rings (SSSR count). The molecule has 0 saturated carbocycles. The highest BCUT2D eigenvalue weighted by Gasteiger charge is 2.38. The molecular weight excluding hydrogens is 252 g/mol. The van der Waals surface area contributed by atoms with Gasteiger partial charge in [-0.1, -0.05) is 32.4 Å². The SMILES string of the molecule is CC(C)(C)[Si](C)(C)Oc1ccc(Cl)c(CO)c1. The first-order valence-corrected chi connectivity index (χ1v) is 9.04. The van der Waals surface area contributed by atoms with E-state index in [1.807, 2.05) is 12.1 Å². The summed E-state index contributed by atoms with van der Waals surface area (Å²) in [5.74, 6) is 0.796. The van der Waals surface area contributed by atoms with Crippen molar-refractivity contribution in [1.82, 2.24) is 0 Å². The molecule has 2 nitrogen and oxygen atoms in total. The molecule has 0 aromatic heterocycles. The molecule has 0 fully saturated rings. The largest absolute Gasteiger partial charge is 0.543 e. The number of rotatable bonds is 3. The topological polar surface area (TPSA) is 29.5 Å². The van der Waals surface area contributed by atoms with Crippen LogP contribution in [0, 0.1) is 0 Å². The Bertz CT molecular complexity index is 397. The minimum Gasteiger partial charge on any atom is -0.543 e. The lowest BCUT2D eigenvalue weighted by Gasteiger charge is -2.36. The maximum atomic E-state index is 9.17. The minimum atomic E-state index is -1.82. The van der Waals surface area contributed by atoms with Gasteiger partial charge in [0.2, 0.25) is 8.32 Å². The second-order valence-corrected chi connectivity index (χ2v) is 10.9. The lowest BCUT2D eigenvalue weighted by molar-refractivity contribution is 0.281. The molecule has 1 aromatic carbocycles. The first-order chi connectivity index (χ1) is 7.67. The Labute approximate surface area is 110 Å². The number of hydrogen-bond donors (Lipinski definition) is 1. The highest BCUT2D eigenvalue weighted by atomic mass is 35.5. The molecule has 96 valence electrons. The highest BCUT2D eigenvalue weighted by molar-refractivity contribution is 6.74. The summed E-state index contributed by atoms with van der Waals surface area (Å²) in [4.78, 5) is 0. The Morgan fingerprint density at radius 2 is 1.88 bits per heavy atom. The molecule has 1 N–H and O–H groups in total. The molecule has 0 aliphatic rings. The van der Waals surface area contributed by atoms with Gasteiger partial charge in [0, 0.05) is 5.02 Å². The molecule has 0 atom stereocenters. The summed E-state index contributed by atoms with van der Waals surface area (Å²) in [6.07, 6.45) is 0. The van der Waals surface area contributed by atoms with E-state index in [9.17, 15) is 5.11 Å². The van der Waals surface area contributed by atoms with Crippen molar-refractivity contribution in [3.8, 4) is 5.75 Å². The maximum Gasteiger partial charge on any atom is 0.250 e. The standard InChI is InChI=1S/C13H21ClO2Si/c1-13(2,3)17(4,5)16-11-6-7-12(14)10(8-11)9-15/h6-8,15H,9H2,1-5H3. The lowest BCUT2D eigenvalue weighted by Crippen LogP contribution is -2.43. The molecule has 0 unspecified atom stereocenters. The van der Waals surface area contributed by atoms with Crippen molar-refractivity contribution in [1.29, 1.82) is 0 Å². The van der Waals surface area contributed by atoms with Crippen LogP contribution in [0.15, 0.2) is 18.2 Å². The Balaban J connectivity index is 2.96. The summed E-state index contributed by atoms with van der Waals surface area (Å²) in [5.41, 5.74) is 0.711. The van der Waals surface area contributed by atoms with Crippen LogP contribution in [0.3, 0.4) is 0 Å². The van der Waals surface area contributed by atoms with Crippen molar-refractivity contribution in [2.75, 3.05) is 0 Å². The second-order valence-electron chi connectivity index (χ2n) is 5.77. The Hall–Kier alpha value is -0.513. The summed E-state index contributed by atoms with van der Waals surface area (Å²) in [5, 5.41) is 9.91. The summed E-state index contributed by atoms with van der Waals surface area (Å²) < 4.78 is 6.13. The van der Waals surface area contributed by atoms with Crippen LogP contribution in [-0.4, -0.2) is 13.4 Å². The summed E-state index contributed by atoms with van der Waals surface area (Å²) >= 11 is 5.95. The van der Waals surface area contributed by atoms with Gasteiger partial charge in [0.05, 0.1) is 6.61 Å². The zero-order valence-electron chi connectivity index (χ0n) is 11.2. The van der Waals surface area contributed by atoms with Crippen molar-refractivity contribution in [2.45, 2.75) is 45.5 Å². The molecule has 17 heavy (non-hydrogen) atoms. The number of aliphatic hydroxyl groups is 1. The van der Waals surface area contributed by atoms with Crippen molar-refractivity contribution in [2.24, 2.45) is 0 Å². The van der Waals surface area contributed by atoms with Crippen molar-refractivity contribution in [3.05, 3.63) is 28.8 Å². The maximum absolute atomic E-state index is 9.17. The van der Waals surface area contributed by atoms with Gasteiger partial charge in [-0.3, -0.25) is 0 Å². The van der Waals surface area contributed by atoms with Crippen LogP contribution in [0.25, 0.3) is 0 Å². The van der Waals surface area contributed by atoms with E-state index < -0.39 is 8.32 Å². The third-order valence-electron chi connectivity index (χ3n) is 3.37. The molecule has 0 radical (unpaired) electrons. The first kappa shape index (κ1) is 14.5. The van der Waals surface area contributed by atoms with Crippen molar-refractivity contribution in [3.63, 3.8) is 0 Å². The lowest BCUT2D eigenvalue weighted by atomic mass is 10.2. The summed E-state index contributed by atoms with van der Waals surface area (Å²) in [6, 6.07) is 5.46. The quantitative estimate of drug-likeness (QED) is 0.835. The molecule has 4 heteroatoms. The highest BCUT2D eigenvalue weighted by Crippen LogP contribution is 2.37. The average Bonchev–Trinajstić information content (AvgIpc) is 2.19. The number of hydrogen-bond acceptors (Lipinski definition) is 2. The zero-order chi connectivity index (χ0) is 13.3. The molecule has 0 spiro atoms. The zero-order valence-corrected chi connectivity index (χ0v) is 12.9. The average molecular weight is 273 g/mol. The van der Waals surface area contributed by atoms with Crippen molar-refractivity contribution >= 4 is 19.9 Å². The van der Waals surface area contributed by atoms with E-state index in [2.05, 4.69) is 33.9 Å². The van der Waals surface area contributed by atoms with E-state index >= 15 is 0 Å². The molecule has 0 bridgehead atoms. The minimum absolute atomic E-state index is 0.0620. The van der Waals surface area contributed by atoms with Crippen LogP contribution in [0.5, 0.6) is 5.75 Å². The van der Waals surface area contributed by atoms with Crippen LogP contribution in [0.4, 0.5) is 0 Å². The van der Waals surface area contributed by atoms with E-state index in [1.54, 1.807) is 6.07 Å². The van der Waals surface area contributed by atoms with Crippen LogP contribution in [0.1, 0.15) is 26.3 Å². The van der Waals surface area contributed by atoms with Gasteiger partial charge in [-0.15, -0.1) is 0 Å². The fourth-order valence-electron chi connectivity index (χ4n) is 1.18. The van der Waals surface area contributed by atoms with Crippen LogP contribution < -0.4 is 4.43 Å². The van der Waals surface area contributed by atoms with Gasteiger partial charge in [0.1, 0.15) is 5.75 Å². The molecule has 0 aliphatic heterocycles. The van der Waals surface area contributed by atoms with E-state index in [0.717, 1.165) is 5.75 Å². The molecule has 0 heterocycles. The monoisotopic (exact) mass is 272 g/mol. The summed E-state index contributed by atoms with van der Waals surface area (Å²) in [7, 11) is -1.82. The fourth-order valence-corrected chi connectivity index (χ4v) is 2.38. The predicted octanol–water partition coefficient (Wildman–Crippen LogP) is 4.22. The normalized spacial score (nSPS) is 12.6. The molecule has 0 amide bonds. The van der Waals surface area contributed by atoms with E-state index in [4.69, 9.17) is 16.0 Å². The first-order valence-electron chi connectivity index (χ1n) is 5.76. The van der Waals surface area contributed by atoms with Gasteiger partial charge in [0.25, 0.3) is 0 Å². The number of aliphatic hydroxyl groups excluding tert-OH is 1. The Morgan fingerprint density at radius 1 is 1.29 bits per heavy atom. The van der Waals surface area contributed by atoms with Gasteiger partial charge >= 0.3 is 0 Å². The molecule has 1 aromatic rings. The van der Waals surface area contributed by atoms with E-state index in [1.165, 1.54) is 0 Å². The molecule has 0 aliphatic carbocycles. The third kappa shape index (κ3) is 3.47. The summed E-state index contributed by atoms with van der Waals surface area (Å²) in [6.45, 7) is 10.9. The Kier molecular flexibility index (Phi) is 4.28. The van der Waals surface area contributed by atoms with E-state index in [-0.39, 0.29) is 11.6 Å². The van der Waals surface area contributed by atoms with Gasteiger partial charge in [-0.05, 0) is 41.9 Å². The second kappa shape index (κ2) is 5.00. The van der Waals surface area contributed by atoms with E-state index in [0.29, 0.717) is 10.6 Å². The molecular formula is C13H21ClO2Si. The number of halogens is 1. The Morgan fingerprint density at radius 3 is 2.35 bits per heavy atom.